The first-order chi connectivity index (χ1) is 10.1. The zero-order chi connectivity index (χ0) is 15.1. The van der Waals surface area contributed by atoms with Gasteiger partial charge in [0, 0.05) is 24.4 Å². The minimum Gasteiger partial charge on any atom is -0.461 e. The molecule has 0 bridgehead atoms. The predicted molar refractivity (Wildman–Crippen MR) is 80.4 cm³/mol. The van der Waals surface area contributed by atoms with E-state index in [1.807, 2.05) is 24.3 Å². The summed E-state index contributed by atoms with van der Waals surface area (Å²) in [6.45, 7) is 0.537. The van der Waals surface area contributed by atoms with Crippen LogP contribution in [0.3, 0.4) is 0 Å². The van der Waals surface area contributed by atoms with Gasteiger partial charge in [0.05, 0.1) is 6.26 Å². The van der Waals surface area contributed by atoms with Crippen molar-refractivity contribution < 1.29 is 14.0 Å². The van der Waals surface area contributed by atoms with Crippen LogP contribution < -0.4 is 5.32 Å². The zero-order valence-corrected chi connectivity index (χ0v) is 12.2. The molecule has 0 fully saturated rings. The van der Waals surface area contributed by atoms with Gasteiger partial charge in [-0.15, -0.1) is 0 Å². The van der Waals surface area contributed by atoms with E-state index < -0.39 is 0 Å². The fraction of sp³-hybridized carbons (Fsp3) is 0.250. The van der Waals surface area contributed by atoms with Crippen molar-refractivity contribution in [1.82, 2.24) is 5.32 Å². The maximum atomic E-state index is 11.7. The van der Waals surface area contributed by atoms with Gasteiger partial charge in [0.25, 0.3) is 0 Å². The Kier molecular flexibility index (Phi) is 5.58. The Morgan fingerprint density at radius 1 is 1.10 bits per heavy atom. The minimum atomic E-state index is -0.159. The van der Waals surface area contributed by atoms with Crippen molar-refractivity contribution in [3.63, 3.8) is 0 Å². The summed E-state index contributed by atoms with van der Waals surface area (Å²) in [5, 5.41) is 3.49. The first-order valence-electron chi connectivity index (χ1n) is 6.73. The molecular formula is C16H16ClNO3. The molecule has 1 aromatic heterocycles. The molecule has 1 N–H and O–H groups in total. The number of nitrogens with one attached hydrogen (secondary N) is 1. The summed E-state index contributed by atoms with van der Waals surface area (Å²) in [6.07, 6.45) is 2.49. The molecule has 1 amide bonds. The Bertz CT molecular complexity index is 590. The van der Waals surface area contributed by atoms with Crippen LogP contribution in [0.5, 0.6) is 0 Å². The second-order valence-corrected chi connectivity index (χ2v) is 5.06. The molecule has 5 heteroatoms. The van der Waals surface area contributed by atoms with Crippen LogP contribution in [0.15, 0.2) is 47.1 Å². The normalized spacial score (nSPS) is 10.3. The Morgan fingerprint density at radius 2 is 1.86 bits per heavy atom. The zero-order valence-electron chi connectivity index (χ0n) is 11.5. The Morgan fingerprint density at radius 3 is 2.52 bits per heavy atom. The van der Waals surface area contributed by atoms with Crippen molar-refractivity contribution in [2.45, 2.75) is 19.3 Å². The van der Waals surface area contributed by atoms with Gasteiger partial charge in [0.1, 0.15) is 0 Å². The van der Waals surface area contributed by atoms with Gasteiger partial charge in [0.2, 0.25) is 5.91 Å². The van der Waals surface area contributed by atoms with E-state index in [9.17, 15) is 9.59 Å². The van der Waals surface area contributed by atoms with Crippen LogP contribution in [-0.2, 0) is 11.2 Å². The van der Waals surface area contributed by atoms with E-state index in [0.29, 0.717) is 17.3 Å². The number of ketones is 1. The minimum absolute atomic E-state index is 0.135. The molecule has 0 aliphatic heterocycles. The summed E-state index contributed by atoms with van der Waals surface area (Å²) in [5.41, 5.74) is 1.10. The second-order valence-electron chi connectivity index (χ2n) is 4.63. The Hall–Kier alpha value is -2.07. The molecule has 4 nitrogen and oxygen atoms in total. The summed E-state index contributed by atoms with van der Waals surface area (Å²) in [5.74, 6) is 0.000634. The fourth-order valence-corrected chi connectivity index (χ4v) is 2.00. The lowest BCUT2D eigenvalue weighted by atomic mass is 10.1. The maximum absolute atomic E-state index is 11.7. The number of rotatable bonds is 7. The molecule has 0 radical (unpaired) electrons. The van der Waals surface area contributed by atoms with Gasteiger partial charge in [-0.2, -0.15) is 0 Å². The third kappa shape index (κ3) is 5.08. The van der Waals surface area contributed by atoms with Crippen LogP contribution in [0, 0.1) is 0 Å². The van der Waals surface area contributed by atoms with Gasteiger partial charge in [-0.25, -0.2) is 0 Å². The molecule has 0 spiro atoms. The van der Waals surface area contributed by atoms with Crippen molar-refractivity contribution >= 4 is 23.3 Å². The average Bonchev–Trinajstić information content (AvgIpc) is 3.01. The lowest BCUT2D eigenvalue weighted by Crippen LogP contribution is -2.26. The lowest BCUT2D eigenvalue weighted by molar-refractivity contribution is -0.121. The molecule has 1 aromatic carbocycles. The van der Waals surface area contributed by atoms with E-state index in [1.54, 1.807) is 12.1 Å². The number of hydrogen-bond donors (Lipinski definition) is 1. The van der Waals surface area contributed by atoms with Gasteiger partial charge >= 0.3 is 0 Å². The van der Waals surface area contributed by atoms with Crippen LogP contribution in [-0.4, -0.2) is 18.2 Å². The number of amides is 1. The highest BCUT2D eigenvalue weighted by molar-refractivity contribution is 6.30. The van der Waals surface area contributed by atoms with Crippen LogP contribution in [0.25, 0.3) is 0 Å². The molecule has 0 aliphatic carbocycles. The Balaban J connectivity index is 1.66. The number of hydrogen-bond acceptors (Lipinski definition) is 3. The van der Waals surface area contributed by atoms with Crippen molar-refractivity contribution in [2.24, 2.45) is 0 Å². The van der Waals surface area contributed by atoms with Gasteiger partial charge < -0.3 is 9.73 Å². The predicted octanol–water partition coefficient (Wildman–Crippen LogP) is 3.25. The number of carbonyl (C=O) groups excluding carboxylic acids is 2. The van der Waals surface area contributed by atoms with Crippen LogP contribution in [0.4, 0.5) is 0 Å². The second kappa shape index (κ2) is 7.64. The number of halogens is 1. The Labute approximate surface area is 128 Å². The van der Waals surface area contributed by atoms with E-state index in [2.05, 4.69) is 5.32 Å². The largest absolute Gasteiger partial charge is 0.461 e. The maximum Gasteiger partial charge on any atom is 0.220 e. The summed E-state index contributed by atoms with van der Waals surface area (Å²) < 4.78 is 4.98. The van der Waals surface area contributed by atoms with Crippen LogP contribution in [0.2, 0.25) is 5.02 Å². The summed E-state index contributed by atoms with van der Waals surface area (Å²) >= 11 is 5.80. The average molecular weight is 306 g/mol. The summed E-state index contributed by atoms with van der Waals surface area (Å²) in [7, 11) is 0. The molecule has 0 saturated carbocycles. The molecule has 2 aromatic rings. The summed E-state index contributed by atoms with van der Waals surface area (Å²) in [4.78, 5) is 23.3. The quantitative estimate of drug-likeness (QED) is 0.799. The van der Waals surface area contributed by atoms with Crippen molar-refractivity contribution in [2.75, 3.05) is 6.54 Å². The number of carbonyl (C=O) groups is 2. The topological polar surface area (TPSA) is 59.3 Å². The van der Waals surface area contributed by atoms with Crippen LogP contribution >= 0.6 is 11.6 Å². The van der Waals surface area contributed by atoms with Crippen LogP contribution in [0.1, 0.15) is 29.0 Å². The molecule has 110 valence electrons. The highest BCUT2D eigenvalue weighted by atomic mass is 35.5. The highest BCUT2D eigenvalue weighted by Gasteiger charge is 2.11. The van der Waals surface area contributed by atoms with Crippen molar-refractivity contribution in [1.29, 1.82) is 0 Å². The SMILES string of the molecule is O=C(CCC(=O)c1ccco1)NCCc1ccc(Cl)cc1. The molecule has 0 unspecified atom stereocenters. The number of benzene rings is 1. The van der Waals surface area contributed by atoms with E-state index in [1.165, 1.54) is 6.26 Å². The molecule has 0 saturated heterocycles. The van der Waals surface area contributed by atoms with E-state index in [0.717, 1.165) is 12.0 Å². The molecule has 0 atom stereocenters. The third-order valence-electron chi connectivity index (χ3n) is 3.02. The first-order valence-corrected chi connectivity index (χ1v) is 7.11. The summed E-state index contributed by atoms with van der Waals surface area (Å²) in [6, 6.07) is 10.7. The monoisotopic (exact) mass is 305 g/mol. The highest BCUT2D eigenvalue weighted by Crippen LogP contribution is 2.09. The lowest BCUT2D eigenvalue weighted by Gasteiger charge is -2.05. The molecule has 2 rings (SSSR count). The van der Waals surface area contributed by atoms with Gasteiger partial charge in [-0.3, -0.25) is 9.59 Å². The fourth-order valence-electron chi connectivity index (χ4n) is 1.87. The van der Waals surface area contributed by atoms with Crippen molar-refractivity contribution in [3.8, 4) is 0 Å². The molecule has 21 heavy (non-hydrogen) atoms. The molecule has 1 heterocycles. The molecule has 0 aliphatic rings. The van der Waals surface area contributed by atoms with E-state index in [4.69, 9.17) is 16.0 Å². The van der Waals surface area contributed by atoms with Crippen molar-refractivity contribution in [3.05, 3.63) is 59.0 Å². The van der Waals surface area contributed by atoms with Gasteiger partial charge in [-0.05, 0) is 36.2 Å². The smallest absolute Gasteiger partial charge is 0.220 e. The first kappa shape index (κ1) is 15.3. The molecular weight excluding hydrogens is 290 g/mol. The number of furan rings is 1. The van der Waals surface area contributed by atoms with Gasteiger partial charge in [-0.1, -0.05) is 23.7 Å². The van der Waals surface area contributed by atoms with E-state index in [-0.39, 0.29) is 24.5 Å². The standard InChI is InChI=1S/C16H16ClNO3/c17-13-5-3-12(4-6-13)9-10-18-16(20)8-7-14(19)15-2-1-11-21-15/h1-6,11H,7-10H2,(H,18,20). The number of Topliss-reactive ketones (excluding diaryl/α,β-unsaturated/α-hetero) is 1. The van der Waals surface area contributed by atoms with E-state index >= 15 is 0 Å². The third-order valence-corrected chi connectivity index (χ3v) is 3.28. The van der Waals surface area contributed by atoms with Gasteiger partial charge in [0.15, 0.2) is 11.5 Å².